The van der Waals surface area contributed by atoms with Crippen LogP contribution in [-0.2, 0) is 4.79 Å². The van der Waals surface area contributed by atoms with E-state index in [1.807, 2.05) is 20.8 Å². The van der Waals surface area contributed by atoms with Gasteiger partial charge in [-0.3, -0.25) is 4.79 Å². The van der Waals surface area contributed by atoms with Crippen molar-refractivity contribution in [1.82, 2.24) is 10.6 Å². The first-order chi connectivity index (χ1) is 6.75. The van der Waals surface area contributed by atoms with Crippen molar-refractivity contribution < 1.29 is 9.90 Å². The van der Waals surface area contributed by atoms with Crippen molar-refractivity contribution in [2.75, 3.05) is 20.1 Å². The summed E-state index contributed by atoms with van der Waals surface area (Å²) in [7, 11) is 1.63. The summed E-state index contributed by atoms with van der Waals surface area (Å²) in [6.07, 6.45) is 0.695. The normalized spacial score (nSPS) is 15.9. The molecule has 0 radical (unpaired) electrons. The summed E-state index contributed by atoms with van der Waals surface area (Å²) in [4.78, 5) is 11.4. The van der Waals surface area contributed by atoms with Crippen molar-refractivity contribution in [3.63, 3.8) is 0 Å². The zero-order valence-electron chi connectivity index (χ0n) is 10.5. The fraction of sp³-hybridized carbons (Fsp3) is 0.909. The minimum Gasteiger partial charge on any atom is -0.389 e. The number of aliphatic hydroxyl groups is 1. The zero-order chi connectivity index (χ0) is 12.1. The molecule has 0 aromatic heterocycles. The summed E-state index contributed by atoms with van der Waals surface area (Å²) in [6, 6.07) is 0. The lowest BCUT2D eigenvalue weighted by molar-refractivity contribution is -0.128. The number of rotatable bonds is 6. The van der Waals surface area contributed by atoms with Crippen LogP contribution >= 0.6 is 0 Å². The molecule has 3 N–H and O–H groups in total. The minimum absolute atomic E-state index is 0.00569. The molecule has 0 fully saturated rings. The molecule has 1 unspecified atom stereocenters. The highest BCUT2D eigenvalue weighted by Crippen LogP contribution is 2.14. The Bertz CT molecular complexity index is 213. The summed E-state index contributed by atoms with van der Waals surface area (Å²) < 4.78 is 0. The molecule has 0 saturated carbocycles. The topological polar surface area (TPSA) is 61.4 Å². The second kappa shape index (κ2) is 5.47. The van der Waals surface area contributed by atoms with E-state index in [9.17, 15) is 9.90 Å². The Morgan fingerprint density at radius 3 is 2.20 bits per heavy atom. The van der Waals surface area contributed by atoms with E-state index < -0.39 is 11.0 Å². The van der Waals surface area contributed by atoms with Gasteiger partial charge in [-0.2, -0.15) is 0 Å². The SMILES string of the molecule is CCC(C)(O)CNCC(C)(C)C(=O)NC. The molecule has 0 aliphatic heterocycles. The Morgan fingerprint density at radius 2 is 1.80 bits per heavy atom. The molecule has 0 aliphatic rings. The maximum atomic E-state index is 11.4. The van der Waals surface area contributed by atoms with Gasteiger partial charge in [-0.25, -0.2) is 0 Å². The predicted octanol–water partition coefficient (Wildman–Crippen LogP) is 0.509. The second-order valence-corrected chi connectivity index (χ2v) is 4.92. The summed E-state index contributed by atoms with van der Waals surface area (Å²) in [5.41, 5.74) is -1.14. The molecule has 90 valence electrons. The van der Waals surface area contributed by atoms with Gasteiger partial charge >= 0.3 is 0 Å². The third kappa shape index (κ3) is 5.14. The van der Waals surface area contributed by atoms with Crippen LogP contribution < -0.4 is 10.6 Å². The first-order valence-electron chi connectivity index (χ1n) is 5.40. The highest BCUT2D eigenvalue weighted by molar-refractivity contribution is 5.81. The predicted molar refractivity (Wildman–Crippen MR) is 61.6 cm³/mol. The van der Waals surface area contributed by atoms with Gasteiger partial charge in [0.2, 0.25) is 5.91 Å². The van der Waals surface area contributed by atoms with Gasteiger partial charge in [-0.1, -0.05) is 6.92 Å². The zero-order valence-corrected chi connectivity index (χ0v) is 10.5. The first-order valence-corrected chi connectivity index (χ1v) is 5.40. The van der Waals surface area contributed by atoms with Gasteiger partial charge in [0.05, 0.1) is 11.0 Å². The Kier molecular flexibility index (Phi) is 5.24. The largest absolute Gasteiger partial charge is 0.389 e. The van der Waals surface area contributed by atoms with E-state index in [0.717, 1.165) is 0 Å². The van der Waals surface area contributed by atoms with Crippen LogP contribution in [0.2, 0.25) is 0 Å². The van der Waals surface area contributed by atoms with Crippen molar-refractivity contribution in [3.8, 4) is 0 Å². The standard InChI is InChI=1S/C11H24N2O2/c1-6-11(4,15)8-13-7-10(2,3)9(14)12-5/h13,15H,6-8H2,1-5H3,(H,12,14). The van der Waals surface area contributed by atoms with Gasteiger partial charge in [0.1, 0.15) is 0 Å². The lowest BCUT2D eigenvalue weighted by Gasteiger charge is -2.27. The van der Waals surface area contributed by atoms with E-state index in [0.29, 0.717) is 19.5 Å². The van der Waals surface area contributed by atoms with Crippen LogP contribution in [0, 0.1) is 5.41 Å². The van der Waals surface area contributed by atoms with E-state index in [1.54, 1.807) is 14.0 Å². The number of amides is 1. The minimum atomic E-state index is -0.696. The molecule has 0 saturated heterocycles. The van der Waals surface area contributed by atoms with Crippen LogP contribution in [-0.4, -0.2) is 36.8 Å². The Labute approximate surface area is 92.4 Å². The highest BCUT2D eigenvalue weighted by atomic mass is 16.3. The molecule has 15 heavy (non-hydrogen) atoms. The molecule has 1 atom stereocenters. The number of nitrogens with one attached hydrogen (secondary N) is 2. The molecular formula is C11H24N2O2. The fourth-order valence-electron chi connectivity index (χ4n) is 1.19. The molecule has 0 spiro atoms. The lowest BCUT2D eigenvalue weighted by Crippen LogP contribution is -2.46. The number of hydrogen-bond donors (Lipinski definition) is 3. The molecule has 1 amide bonds. The van der Waals surface area contributed by atoms with Crippen LogP contribution in [0.4, 0.5) is 0 Å². The van der Waals surface area contributed by atoms with Gasteiger partial charge in [0.25, 0.3) is 0 Å². The van der Waals surface area contributed by atoms with Crippen molar-refractivity contribution in [2.24, 2.45) is 5.41 Å². The number of carbonyl (C=O) groups is 1. The van der Waals surface area contributed by atoms with Gasteiger partial charge in [0, 0.05) is 20.1 Å². The fourth-order valence-corrected chi connectivity index (χ4v) is 1.19. The summed E-state index contributed by atoms with van der Waals surface area (Å²) in [5, 5.41) is 15.5. The maximum absolute atomic E-state index is 11.4. The van der Waals surface area contributed by atoms with E-state index in [2.05, 4.69) is 10.6 Å². The maximum Gasteiger partial charge on any atom is 0.226 e. The molecule has 0 rings (SSSR count). The van der Waals surface area contributed by atoms with Crippen molar-refractivity contribution in [2.45, 2.75) is 39.7 Å². The monoisotopic (exact) mass is 216 g/mol. The van der Waals surface area contributed by atoms with Crippen LogP contribution in [0.15, 0.2) is 0 Å². The average molecular weight is 216 g/mol. The Balaban J connectivity index is 4.00. The molecule has 4 nitrogen and oxygen atoms in total. The second-order valence-electron chi connectivity index (χ2n) is 4.92. The van der Waals surface area contributed by atoms with Gasteiger partial charge in [0.15, 0.2) is 0 Å². The number of carbonyl (C=O) groups excluding carboxylic acids is 1. The third-order valence-corrected chi connectivity index (χ3v) is 2.68. The Hall–Kier alpha value is -0.610. The van der Waals surface area contributed by atoms with Crippen molar-refractivity contribution in [3.05, 3.63) is 0 Å². The lowest BCUT2D eigenvalue weighted by atomic mass is 9.92. The van der Waals surface area contributed by atoms with Crippen LogP contribution in [0.3, 0.4) is 0 Å². The van der Waals surface area contributed by atoms with Gasteiger partial charge < -0.3 is 15.7 Å². The molecule has 0 heterocycles. The van der Waals surface area contributed by atoms with Gasteiger partial charge in [-0.05, 0) is 27.2 Å². The Morgan fingerprint density at radius 1 is 1.27 bits per heavy atom. The average Bonchev–Trinajstić information content (AvgIpc) is 2.16. The summed E-state index contributed by atoms with van der Waals surface area (Å²) in [6.45, 7) is 8.53. The highest BCUT2D eigenvalue weighted by Gasteiger charge is 2.27. The molecule has 4 heteroatoms. The van der Waals surface area contributed by atoms with E-state index in [4.69, 9.17) is 0 Å². The van der Waals surface area contributed by atoms with E-state index in [-0.39, 0.29) is 5.91 Å². The van der Waals surface area contributed by atoms with Crippen LogP contribution in [0.1, 0.15) is 34.1 Å². The number of hydrogen-bond acceptors (Lipinski definition) is 3. The summed E-state index contributed by atoms with van der Waals surface area (Å²) in [5.74, 6) is 0.00569. The van der Waals surface area contributed by atoms with E-state index in [1.165, 1.54) is 0 Å². The molecule has 0 aliphatic carbocycles. The smallest absolute Gasteiger partial charge is 0.226 e. The van der Waals surface area contributed by atoms with Crippen molar-refractivity contribution in [1.29, 1.82) is 0 Å². The first kappa shape index (κ1) is 14.4. The van der Waals surface area contributed by atoms with Gasteiger partial charge in [-0.15, -0.1) is 0 Å². The summed E-state index contributed by atoms with van der Waals surface area (Å²) >= 11 is 0. The third-order valence-electron chi connectivity index (χ3n) is 2.68. The molecule has 0 aromatic rings. The molecule has 0 aromatic carbocycles. The van der Waals surface area contributed by atoms with E-state index >= 15 is 0 Å². The van der Waals surface area contributed by atoms with Crippen molar-refractivity contribution >= 4 is 5.91 Å². The quantitative estimate of drug-likeness (QED) is 0.606. The molecule has 0 bridgehead atoms. The molecular weight excluding hydrogens is 192 g/mol. The van der Waals surface area contributed by atoms with Crippen LogP contribution in [0.25, 0.3) is 0 Å². The van der Waals surface area contributed by atoms with Crippen LogP contribution in [0.5, 0.6) is 0 Å².